The number of hydrogen-bond acceptors (Lipinski definition) is 3. The quantitative estimate of drug-likeness (QED) is 0.868. The van der Waals surface area contributed by atoms with Gasteiger partial charge in [0.05, 0.1) is 16.0 Å². The van der Waals surface area contributed by atoms with Crippen LogP contribution in [0.1, 0.15) is 12.5 Å². The molecule has 0 spiro atoms. The fraction of sp³-hybridized carbons (Fsp3) is 0.400. The third kappa shape index (κ3) is 3.10. The van der Waals surface area contributed by atoms with E-state index in [0.29, 0.717) is 10.7 Å². The van der Waals surface area contributed by atoms with Crippen molar-refractivity contribution in [2.75, 3.05) is 11.3 Å². The zero-order chi connectivity index (χ0) is 12.3. The van der Waals surface area contributed by atoms with Gasteiger partial charge in [0.2, 0.25) is 10.0 Å². The zero-order valence-electron chi connectivity index (χ0n) is 9.20. The Kier molecular flexibility index (Phi) is 4.18. The van der Waals surface area contributed by atoms with Crippen molar-refractivity contribution in [3.05, 3.63) is 28.8 Å². The maximum absolute atomic E-state index is 11.7. The largest absolute Gasteiger partial charge is 0.329 e. The molecule has 0 bridgehead atoms. The zero-order valence-corrected chi connectivity index (χ0v) is 10.8. The predicted octanol–water partition coefficient (Wildman–Crippen LogP) is 1.74. The maximum Gasteiger partial charge on any atom is 0.236 e. The molecular weight excluding hydrogens is 248 g/mol. The van der Waals surface area contributed by atoms with Crippen LogP contribution in [-0.4, -0.2) is 20.2 Å². The summed E-state index contributed by atoms with van der Waals surface area (Å²) in [6, 6.07) is 5.13. The molecule has 0 amide bonds. The smallest absolute Gasteiger partial charge is 0.236 e. The second-order valence-corrected chi connectivity index (χ2v) is 6.18. The minimum Gasteiger partial charge on any atom is -0.329 e. The molecule has 1 aromatic rings. The Hall–Kier alpha value is -0.780. The van der Waals surface area contributed by atoms with Gasteiger partial charge in [-0.3, -0.25) is 4.72 Å². The summed E-state index contributed by atoms with van der Waals surface area (Å²) in [5.41, 5.74) is 6.68. The molecule has 0 heterocycles. The Morgan fingerprint density at radius 1 is 1.50 bits per heavy atom. The second kappa shape index (κ2) is 5.03. The molecule has 1 rings (SSSR count). The highest BCUT2D eigenvalue weighted by molar-refractivity contribution is 7.93. The SMILES string of the molecule is Cc1ccc(NS(=O)(=O)C(C)CN)c(Cl)c1. The van der Waals surface area contributed by atoms with Crippen molar-refractivity contribution in [3.63, 3.8) is 0 Å². The average molecular weight is 263 g/mol. The molecule has 0 radical (unpaired) electrons. The predicted molar refractivity (Wildman–Crippen MR) is 67.2 cm³/mol. The molecule has 0 fully saturated rings. The Morgan fingerprint density at radius 3 is 2.62 bits per heavy atom. The van der Waals surface area contributed by atoms with Crippen molar-refractivity contribution in [1.82, 2.24) is 0 Å². The van der Waals surface area contributed by atoms with Crippen LogP contribution < -0.4 is 10.5 Å². The standard InChI is InChI=1S/C10H15ClN2O2S/c1-7-3-4-10(9(11)5-7)13-16(14,15)8(2)6-12/h3-5,8,13H,6,12H2,1-2H3. The summed E-state index contributed by atoms with van der Waals surface area (Å²) in [6.45, 7) is 3.50. The highest BCUT2D eigenvalue weighted by atomic mass is 35.5. The summed E-state index contributed by atoms with van der Waals surface area (Å²) < 4.78 is 25.9. The first-order valence-electron chi connectivity index (χ1n) is 4.84. The topological polar surface area (TPSA) is 72.2 Å². The molecule has 0 aliphatic rings. The fourth-order valence-electron chi connectivity index (χ4n) is 1.08. The van der Waals surface area contributed by atoms with E-state index in [2.05, 4.69) is 4.72 Å². The Bertz CT molecular complexity index is 474. The van der Waals surface area contributed by atoms with Gasteiger partial charge in [0.1, 0.15) is 0 Å². The van der Waals surface area contributed by atoms with E-state index in [1.165, 1.54) is 0 Å². The minimum atomic E-state index is -3.46. The van der Waals surface area contributed by atoms with Crippen LogP contribution in [0.25, 0.3) is 0 Å². The van der Waals surface area contributed by atoms with Gasteiger partial charge in [-0.2, -0.15) is 0 Å². The average Bonchev–Trinajstić information content (AvgIpc) is 2.21. The molecule has 3 N–H and O–H groups in total. The molecular formula is C10H15ClN2O2S. The Morgan fingerprint density at radius 2 is 2.12 bits per heavy atom. The summed E-state index contributed by atoms with van der Waals surface area (Å²) in [4.78, 5) is 0. The molecule has 0 aliphatic carbocycles. The van der Waals surface area contributed by atoms with Crippen molar-refractivity contribution in [3.8, 4) is 0 Å². The van der Waals surface area contributed by atoms with Crippen LogP contribution in [0.3, 0.4) is 0 Å². The van der Waals surface area contributed by atoms with Crippen LogP contribution in [0, 0.1) is 6.92 Å². The van der Waals surface area contributed by atoms with E-state index in [4.69, 9.17) is 17.3 Å². The lowest BCUT2D eigenvalue weighted by molar-refractivity contribution is 0.589. The molecule has 90 valence electrons. The number of nitrogens with two attached hydrogens (primary N) is 1. The van der Waals surface area contributed by atoms with E-state index in [0.717, 1.165) is 5.56 Å². The molecule has 16 heavy (non-hydrogen) atoms. The van der Waals surface area contributed by atoms with E-state index >= 15 is 0 Å². The molecule has 0 aromatic heterocycles. The summed E-state index contributed by atoms with van der Waals surface area (Å²) >= 11 is 5.93. The van der Waals surface area contributed by atoms with Crippen LogP contribution in [0.4, 0.5) is 5.69 Å². The molecule has 1 aromatic carbocycles. The Labute approximate surface area is 101 Å². The maximum atomic E-state index is 11.7. The first-order chi connectivity index (χ1) is 7.36. The first kappa shape index (κ1) is 13.3. The van der Waals surface area contributed by atoms with Gasteiger partial charge in [0.25, 0.3) is 0 Å². The van der Waals surface area contributed by atoms with Gasteiger partial charge in [0, 0.05) is 6.54 Å². The van der Waals surface area contributed by atoms with Gasteiger partial charge < -0.3 is 5.73 Å². The molecule has 6 heteroatoms. The molecule has 0 saturated heterocycles. The first-order valence-corrected chi connectivity index (χ1v) is 6.77. The van der Waals surface area contributed by atoms with Crippen LogP contribution in [0.15, 0.2) is 18.2 Å². The summed E-state index contributed by atoms with van der Waals surface area (Å²) in [5.74, 6) is 0. The van der Waals surface area contributed by atoms with Gasteiger partial charge in [-0.1, -0.05) is 17.7 Å². The summed E-state index contributed by atoms with van der Waals surface area (Å²) in [6.07, 6.45) is 0. The van der Waals surface area contributed by atoms with E-state index in [9.17, 15) is 8.42 Å². The van der Waals surface area contributed by atoms with Crippen molar-refractivity contribution in [2.24, 2.45) is 5.73 Å². The molecule has 4 nitrogen and oxygen atoms in total. The molecule has 1 unspecified atom stereocenters. The van der Waals surface area contributed by atoms with Gasteiger partial charge in [-0.15, -0.1) is 0 Å². The van der Waals surface area contributed by atoms with Gasteiger partial charge >= 0.3 is 0 Å². The van der Waals surface area contributed by atoms with Gasteiger partial charge in [-0.25, -0.2) is 8.42 Å². The van der Waals surface area contributed by atoms with Crippen LogP contribution in [-0.2, 0) is 10.0 Å². The molecule has 0 saturated carbocycles. The number of rotatable bonds is 4. The van der Waals surface area contributed by atoms with Gasteiger partial charge in [0.15, 0.2) is 0 Å². The van der Waals surface area contributed by atoms with E-state index in [1.54, 1.807) is 25.1 Å². The monoisotopic (exact) mass is 262 g/mol. The minimum absolute atomic E-state index is 0.0683. The fourth-order valence-corrected chi connectivity index (χ4v) is 2.36. The second-order valence-electron chi connectivity index (χ2n) is 3.68. The highest BCUT2D eigenvalue weighted by Crippen LogP contribution is 2.24. The number of aryl methyl sites for hydroxylation is 1. The number of sulfonamides is 1. The lowest BCUT2D eigenvalue weighted by Gasteiger charge is -2.14. The molecule has 1 atom stereocenters. The van der Waals surface area contributed by atoms with Crippen molar-refractivity contribution < 1.29 is 8.42 Å². The summed E-state index contributed by atoms with van der Waals surface area (Å²) in [5, 5.41) is -0.266. The number of halogens is 1. The summed E-state index contributed by atoms with van der Waals surface area (Å²) in [7, 11) is -3.46. The van der Waals surface area contributed by atoms with Crippen molar-refractivity contribution >= 4 is 27.3 Å². The van der Waals surface area contributed by atoms with E-state index in [1.807, 2.05) is 6.92 Å². The molecule has 0 aliphatic heterocycles. The van der Waals surface area contributed by atoms with E-state index in [-0.39, 0.29) is 6.54 Å². The number of benzene rings is 1. The normalized spacial score (nSPS) is 13.5. The lowest BCUT2D eigenvalue weighted by atomic mass is 10.2. The third-order valence-corrected chi connectivity index (χ3v) is 4.31. The highest BCUT2D eigenvalue weighted by Gasteiger charge is 2.19. The van der Waals surface area contributed by atoms with Crippen LogP contribution in [0.5, 0.6) is 0 Å². The number of nitrogens with one attached hydrogen (secondary N) is 1. The lowest BCUT2D eigenvalue weighted by Crippen LogP contribution is -2.31. The van der Waals surface area contributed by atoms with Crippen LogP contribution in [0.2, 0.25) is 5.02 Å². The van der Waals surface area contributed by atoms with Gasteiger partial charge in [-0.05, 0) is 31.5 Å². The van der Waals surface area contributed by atoms with Crippen LogP contribution >= 0.6 is 11.6 Å². The Balaban J connectivity index is 2.97. The number of hydrogen-bond donors (Lipinski definition) is 2. The number of anilines is 1. The van der Waals surface area contributed by atoms with Crippen molar-refractivity contribution in [2.45, 2.75) is 19.1 Å². The van der Waals surface area contributed by atoms with E-state index < -0.39 is 15.3 Å². The third-order valence-electron chi connectivity index (χ3n) is 2.24. The van der Waals surface area contributed by atoms with Crippen molar-refractivity contribution in [1.29, 1.82) is 0 Å².